The summed E-state index contributed by atoms with van der Waals surface area (Å²) in [5.74, 6) is -0.296. The lowest BCUT2D eigenvalue weighted by atomic mass is 9.70. The molecule has 0 spiro atoms. The first kappa shape index (κ1) is 13.2. The fraction of sp³-hybridized carbons (Fsp3) is 0.923. The highest BCUT2D eigenvalue weighted by Crippen LogP contribution is 2.66. The van der Waals surface area contributed by atoms with E-state index in [1.54, 1.807) is 0 Å². The SMILES string of the molecule is CC1(C)C2CCC1(C)C(OCC(Cl)C(=O)O)C2. The van der Waals surface area contributed by atoms with Gasteiger partial charge in [-0.25, -0.2) is 0 Å². The number of hydrogen-bond acceptors (Lipinski definition) is 2. The van der Waals surface area contributed by atoms with Crippen molar-refractivity contribution in [3.8, 4) is 0 Å². The lowest BCUT2D eigenvalue weighted by molar-refractivity contribution is -0.139. The van der Waals surface area contributed by atoms with Crippen molar-refractivity contribution in [2.45, 2.75) is 51.5 Å². The molecule has 0 aromatic rings. The highest BCUT2D eigenvalue weighted by molar-refractivity contribution is 6.29. The van der Waals surface area contributed by atoms with Gasteiger partial charge in [0.15, 0.2) is 5.38 Å². The molecule has 0 radical (unpaired) electrons. The minimum atomic E-state index is -1.00. The summed E-state index contributed by atoms with van der Waals surface area (Å²) >= 11 is 5.69. The zero-order valence-corrected chi connectivity index (χ0v) is 11.5. The third-order valence-electron chi connectivity index (χ3n) is 5.43. The fourth-order valence-electron chi connectivity index (χ4n) is 3.65. The van der Waals surface area contributed by atoms with Crippen molar-refractivity contribution in [2.75, 3.05) is 6.61 Å². The molecule has 2 saturated carbocycles. The number of carboxylic acid groups (broad SMARTS) is 1. The Kier molecular flexibility index (Phi) is 3.20. The molecular weight excluding hydrogens is 240 g/mol. The molecule has 1 N–H and O–H groups in total. The molecule has 0 amide bonds. The zero-order chi connectivity index (χ0) is 12.8. The van der Waals surface area contributed by atoms with Gasteiger partial charge in [0.2, 0.25) is 0 Å². The van der Waals surface area contributed by atoms with E-state index >= 15 is 0 Å². The first-order valence-electron chi connectivity index (χ1n) is 6.27. The molecule has 0 aromatic heterocycles. The third kappa shape index (κ3) is 1.88. The van der Waals surface area contributed by atoms with Crippen molar-refractivity contribution >= 4 is 17.6 Å². The predicted molar refractivity (Wildman–Crippen MR) is 66.2 cm³/mol. The van der Waals surface area contributed by atoms with Crippen LogP contribution in [0.25, 0.3) is 0 Å². The summed E-state index contributed by atoms with van der Waals surface area (Å²) in [5.41, 5.74) is 0.468. The number of hydrogen-bond donors (Lipinski definition) is 1. The van der Waals surface area contributed by atoms with Crippen LogP contribution < -0.4 is 0 Å². The Morgan fingerprint density at radius 1 is 1.53 bits per heavy atom. The molecule has 17 heavy (non-hydrogen) atoms. The van der Waals surface area contributed by atoms with Gasteiger partial charge < -0.3 is 9.84 Å². The molecule has 4 atom stereocenters. The Morgan fingerprint density at radius 3 is 2.59 bits per heavy atom. The van der Waals surface area contributed by atoms with Gasteiger partial charge in [0.25, 0.3) is 0 Å². The lowest BCUT2D eigenvalue weighted by Crippen LogP contribution is -2.38. The fourth-order valence-corrected chi connectivity index (χ4v) is 3.73. The van der Waals surface area contributed by atoms with Crippen LogP contribution in [-0.2, 0) is 9.53 Å². The number of alkyl halides is 1. The van der Waals surface area contributed by atoms with Gasteiger partial charge in [-0.2, -0.15) is 0 Å². The van der Waals surface area contributed by atoms with E-state index in [9.17, 15) is 4.79 Å². The van der Waals surface area contributed by atoms with E-state index in [0.29, 0.717) is 11.3 Å². The second kappa shape index (κ2) is 4.13. The number of carboxylic acids is 1. The van der Waals surface area contributed by atoms with Gasteiger partial charge >= 0.3 is 5.97 Å². The molecule has 2 aliphatic rings. The maximum Gasteiger partial charge on any atom is 0.324 e. The average molecular weight is 261 g/mol. The molecule has 3 nitrogen and oxygen atoms in total. The molecule has 4 heteroatoms. The van der Waals surface area contributed by atoms with Crippen LogP contribution >= 0.6 is 11.6 Å². The quantitative estimate of drug-likeness (QED) is 0.791. The summed E-state index contributed by atoms with van der Waals surface area (Å²) in [6, 6.07) is 0. The van der Waals surface area contributed by atoms with Crippen LogP contribution in [0.15, 0.2) is 0 Å². The first-order chi connectivity index (χ1) is 7.79. The van der Waals surface area contributed by atoms with E-state index in [1.807, 2.05) is 0 Å². The molecule has 2 rings (SSSR count). The van der Waals surface area contributed by atoms with E-state index in [4.69, 9.17) is 21.4 Å². The van der Waals surface area contributed by atoms with Crippen LogP contribution in [0.4, 0.5) is 0 Å². The van der Waals surface area contributed by atoms with Crippen LogP contribution in [-0.4, -0.2) is 29.2 Å². The first-order valence-corrected chi connectivity index (χ1v) is 6.71. The van der Waals surface area contributed by atoms with Crippen LogP contribution in [0.2, 0.25) is 0 Å². The molecule has 0 heterocycles. The predicted octanol–water partition coefficient (Wildman–Crippen LogP) is 2.91. The minimum absolute atomic E-state index is 0.111. The number of halogens is 1. The van der Waals surface area contributed by atoms with Gasteiger partial charge in [0.05, 0.1) is 12.7 Å². The minimum Gasteiger partial charge on any atom is -0.480 e. The smallest absolute Gasteiger partial charge is 0.324 e. The van der Waals surface area contributed by atoms with Crippen molar-refractivity contribution < 1.29 is 14.6 Å². The maximum atomic E-state index is 10.7. The molecule has 2 bridgehead atoms. The summed E-state index contributed by atoms with van der Waals surface area (Å²) in [6.07, 6.45) is 3.66. The molecule has 0 aliphatic heterocycles. The van der Waals surface area contributed by atoms with Crippen molar-refractivity contribution in [1.82, 2.24) is 0 Å². The summed E-state index contributed by atoms with van der Waals surface area (Å²) in [6.45, 7) is 7.00. The number of rotatable bonds is 4. The van der Waals surface area contributed by atoms with Crippen LogP contribution in [0.5, 0.6) is 0 Å². The number of ether oxygens (including phenoxy) is 1. The van der Waals surface area contributed by atoms with Gasteiger partial charge in [-0.05, 0) is 36.0 Å². The highest BCUT2D eigenvalue weighted by atomic mass is 35.5. The van der Waals surface area contributed by atoms with Crippen molar-refractivity contribution in [3.05, 3.63) is 0 Å². The second-order valence-corrected chi connectivity index (χ2v) is 6.77. The van der Waals surface area contributed by atoms with Gasteiger partial charge in [-0.1, -0.05) is 20.8 Å². The molecular formula is C13H21ClO3. The van der Waals surface area contributed by atoms with E-state index in [-0.39, 0.29) is 18.1 Å². The Morgan fingerprint density at radius 2 is 2.18 bits per heavy atom. The van der Waals surface area contributed by atoms with Gasteiger partial charge in [-0.3, -0.25) is 4.79 Å². The zero-order valence-electron chi connectivity index (χ0n) is 10.7. The van der Waals surface area contributed by atoms with Crippen molar-refractivity contribution in [3.63, 3.8) is 0 Å². The topological polar surface area (TPSA) is 46.5 Å². The largest absolute Gasteiger partial charge is 0.480 e. The highest BCUT2D eigenvalue weighted by Gasteiger charge is 2.61. The van der Waals surface area contributed by atoms with E-state index in [2.05, 4.69) is 20.8 Å². The third-order valence-corrected chi connectivity index (χ3v) is 5.74. The lowest BCUT2D eigenvalue weighted by Gasteiger charge is -2.39. The number of fused-ring (bicyclic) bond motifs is 2. The normalized spacial score (nSPS) is 40.5. The van der Waals surface area contributed by atoms with Crippen LogP contribution in [0.3, 0.4) is 0 Å². The molecule has 4 unspecified atom stereocenters. The standard InChI is InChI=1S/C13H21ClO3/c1-12(2)8-4-5-13(12,3)10(6-8)17-7-9(14)11(15)16/h8-10H,4-7H2,1-3H3,(H,15,16). The maximum absolute atomic E-state index is 10.7. The van der Waals surface area contributed by atoms with Gasteiger partial charge in [-0.15, -0.1) is 11.6 Å². The van der Waals surface area contributed by atoms with Crippen LogP contribution in [0.1, 0.15) is 40.0 Å². The summed E-state index contributed by atoms with van der Waals surface area (Å²) in [7, 11) is 0. The van der Waals surface area contributed by atoms with Crippen molar-refractivity contribution in [2.24, 2.45) is 16.7 Å². The molecule has 0 aromatic carbocycles. The monoisotopic (exact) mass is 260 g/mol. The van der Waals surface area contributed by atoms with Crippen LogP contribution in [0, 0.1) is 16.7 Å². The van der Waals surface area contributed by atoms with E-state index < -0.39 is 11.3 Å². The number of carbonyl (C=O) groups is 1. The second-order valence-electron chi connectivity index (χ2n) is 6.24. The van der Waals surface area contributed by atoms with Gasteiger partial charge in [0.1, 0.15) is 0 Å². The molecule has 0 saturated heterocycles. The Hall–Kier alpha value is -0.280. The summed E-state index contributed by atoms with van der Waals surface area (Å²) < 4.78 is 5.79. The number of aliphatic carboxylic acids is 1. The summed E-state index contributed by atoms with van der Waals surface area (Å²) in [4.78, 5) is 10.7. The van der Waals surface area contributed by atoms with E-state index in [0.717, 1.165) is 6.42 Å². The Bertz CT molecular complexity index is 329. The Labute approximate surface area is 107 Å². The van der Waals surface area contributed by atoms with Crippen molar-refractivity contribution in [1.29, 1.82) is 0 Å². The van der Waals surface area contributed by atoms with Gasteiger partial charge in [0, 0.05) is 0 Å². The Balaban J connectivity index is 1.99. The van der Waals surface area contributed by atoms with E-state index in [1.165, 1.54) is 12.8 Å². The molecule has 2 aliphatic carbocycles. The average Bonchev–Trinajstić information content (AvgIpc) is 2.57. The molecule has 98 valence electrons. The molecule has 2 fully saturated rings. The summed E-state index contributed by atoms with van der Waals surface area (Å²) in [5, 5.41) is 7.81.